The fourth-order valence-corrected chi connectivity index (χ4v) is 4.86. The van der Waals surface area contributed by atoms with Gasteiger partial charge in [0.2, 0.25) is 9.84 Å². The number of hydrogen-bond donors (Lipinski definition) is 0. The molecule has 28 heavy (non-hydrogen) atoms. The number of methoxy groups -OCH3 is 3. The molecule has 0 spiro atoms. The van der Waals surface area contributed by atoms with Crippen LogP contribution in [0, 0.1) is 0 Å². The van der Waals surface area contributed by atoms with E-state index in [1.165, 1.54) is 26.4 Å². The van der Waals surface area contributed by atoms with Crippen molar-refractivity contribution < 1.29 is 22.6 Å². The van der Waals surface area contributed by atoms with Crippen LogP contribution < -0.4 is 19.0 Å². The minimum absolute atomic E-state index is 0.293. The van der Waals surface area contributed by atoms with Crippen LogP contribution in [0.15, 0.2) is 57.6 Å². The summed E-state index contributed by atoms with van der Waals surface area (Å²) in [6.45, 7) is 0. The molecule has 0 aliphatic heterocycles. The number of sulfone groups is 1. The molecule has 2 aromatic carbocycles. The summed E-state index contributed by atoms with van der Waals surface area (Å²) in [6.07, 6.45) is 1.44. The zero-order chi connectivity index (χ0) is 20.3. The highest BCUT2D eigenvalue weighted by Crippen LogP contribution is 2.33. The van der Waals surface area contributed by atoms with Crippen LogP contribution in [0.5, 0.6) is 17.2 Å². The van der Waals surface area contributed by atoms with E-state index in [4.69, 9.17) is 14.2 Å². The molecule has 0 N–H and O–H groups in total. The first-order valence-electron chi connectivity index (χ1n) is 8.15. The van der Waals surface area contributed by atoms with Gasteiger partial charge in [0.15, 0.2) is 0 Å². The summed E-state index contributed by atoms with van der Waals surface area (Å²) in [6, 6.07) is 11.6. The standard InChI is InChI=1S/C20H18O6S2/c1-24-14-6-4-13(5-7-14)8-9-28(22,23)19-12-16-17(26-3)10-15(25-2)11-18(16)27-20(19)21/h4-12H,1-3H3/b9-8+. The first-order valence-corrected chi connectivity index (χ1v) is 10.5. The van der Waals surface area contributed by atoms with E-state index in [-0.39, 0.29) is 4.90 Å². The molecule has 0 unspecified atom stereocenters. The molecule has 0 atom stereocenters. The van der Waals surface area contributed by atoms with Crippen LogP contribution in [-0.2, 0) is 9.84 Å². The Morgan fingerprint density at radius 3 is 2.18 bits per heavy atom. The molecule has 0 saturated heterocycles. The maximum Gasteiger partial charge on any atom is 0.251 e. The van der Waals surface area contributed by atoms with E-state index in [0.29, 0.717) is 32.9 Å². The number of benzene rings is 2. The molecule has 0 aliphatic carbocycles. The molecule has 146 valence electrons. The predicted octanol–water partition coefficient (Wildman–Crippen LogP) is 3.73. The third-order valence-corrected chi connectivity index (χ3v) is 6.58. The molecule has 0 aliphatic rings. The van der Waals surface area contributed by atoms with Gasteiger partial charge in [-0.2, -0.15) is 0 Å². The Bertz CT molecular complexity index is 1190. The van der Waals surface area contributed by atoms with Crippen molar-refractivity contribution in [2.45, 2.75) is 4.90 Å². The third kappa shape index (κ3) is 4.02. The predicted molar refractivity (Wildman–Crippen MR) is 110 cm³/mol. The van der Waals surface area contributed by atoms with E-state index >= 15 is 0 Å². The van der Waals surface area contributed by atoms with E-state index in [9.17, 15) is 13.2 Å². The molecule has 0 radical (unpaired) electrons. The molecule has 0 bridgehead atoms. The van der Waals surface area contributed by atoms with Gasteiger partial charge in [-0.25, -0.2) is 8.42 Å². The summed E-state index contributed by atoms with van der Waals surface area (Å²) in [5.41, 5.74) is 0.670. The Morgan fingerprint density at radius 1 is 0.893 bits per heavy atom. The molecule has 8 heteroatoms. The van der Waals surface area contributed by atoms with Crippen molar-refractivity contribution in [1.82, 2.24) is 0 Å². The van der Waals surface area contributed by atoms with Crippen LogP contribution in [0.1, 0.15) is 5.56 Å². The van der Waals surface area contributed by atoms with E-state index < -0.39 is 14.6 Å². The van der Waals surface area contributed by atoms with Gasteiger partial charge in [-0.15, -0.1) is 0 Å². The second-order valence-corrected chi connectivity index (χ2v) is 8.58. The Hall–Kier alpha value is -2.84. The van der Waals surface area contributed by atoms with Crippen molar-refractivity contribution in [2.24, 2.45) is 0 Å². The Balaban J connectivity index is 2.06. The van der Waals surface area contributed by atoms with Gasteiger partial charge in [0.1, 0.15) is 22.1 Å². The van der Waals surface area contributed by atoms with E-state index in [2.05, 4.69) is 0 Å². The zero-order valence-corrected chi connectivity index (χ0v) is 17.1. The molecular formula is C20H18O6S2. The van der Waals surface area contributed by atoms with Gasteiger partial charge in [-0.1, -0.05) is 23.5 Å². The molecule has 1 heterocycles. The van der Waals surface area contributed by atoms with Gasteiger partial charge in [0.25, 0.3) is 4.74 Å². The van der Waals surface area contributed by atoms with E-state index in [1.54, 1.807) is 43.5 Å². The van der Waals surface area contributed by atoms with Crippen molar-refractivity contribution in [2.75, 3.05) is 21.3 Å². The van der Waals surface area contributed by atoms with Crippen LogP contribution in [0.3, 0.4) is 0 Å². The SMILES string of the molecule is COc1ccc(/C=C/S(=O)(=O)c2cc3c(OC)cc(OC)cc3sc2=O)cc1. The van der Waals surface area contributed by atoms with Gasteiger partial charge in [-0.3, -0.25) is 4.79 Å². The highest BCUT2D eigenvalue weighted by molar-refractivity contribution is 7.94. The highest BCUT2D eigenvalue weighted by atomic mass is 32.2. The lowest BCUT2D eigenvalue weighted by atomic mass is 10.2. The van der Waals surface area contributed by atoms with Gasteiger partial charge in [0, 0.05) is 21.6 Å². The van der Waals surface area contributed by atoms with Crippen molar-refractivity contribution in [3.8, 4) is 17.2 Å². The summed E-state index contributed by atoms with van der Waals surface area (Å²) in [5.74, 6) is 1.62. The molecule has 6 nitrogen and oxygen atoms in total. The quantitative estimate of drug-likeness (QED) is 0.607. The molecule has 3 rings (SSSR count). The maximum absolute atomic E-state index is 12.7. The van der Waals surface area contributed by atoms with Crippen LogP contribution in [0.25, 0.3) is 16.2 Å². The van der Waals surface area contributed by atoms with Crippen LogP contribution in [-0.4, -0.2) is 29.7 Å². The summed E-state index contributed by atoms with van der Waals surface area (Å²) < 4.78 is 41.1. The minimum atomic E-state index is -3.94. The van der Waals surface area contributed by atoms with E-state index in [1.807, 2.05) is 0 Å². The first kappa shape index (κ1) is 19.9. The van der Waals surface area contributed by atoms with Gasteiger partial charge in [-0.05, 0) is 35.9 Å². The second-order valence-electron chi connectivity index (χ2n) is 5.76. The number of fused-ring (bicyclic) bond motifs is 1. The van der Waals surface area contributed by atoms with Gasteiger partial charge in [0.05, 0.1) is 21.3 Å². The molecule has 0 amide bonds. The normalized spacial score (nSPS) is 11.7. The summed E-state index contributed by atoms with van der Waals surface area (Å²) in [7, 11) is 0.594. The summed E-state index contributed by atoms with van der Waals surface area (Å²) in [4.78, 5) is 12.2. The average molecular weight is 418 g/mol. The first-order chi connectivity index (χ1) is 13.4. The molecule has 0 saturated carbocycles. The van der Waals surface area contributed by atoms with Gasteiger partial charge >= 0.3 is 0 Å². The van der Waals surface area contributed by atoms with E-state index in [0.717, 1.165) is 16.7 Å². The fourth-order valence-electron chi connectivity index (χ4n) is 2.59. The molecule has 3 aromatic rings. The topological polar surface area (TPSA) is 78.9 Å². The fraction of sp³-hybridized carbons (Fsp3) is 0.150. The van der Waals surface area contributed by atoms with Crippen molar-refractivity contribution in [3.63, 3.8) is 0 Å². The number of rotatable bonds is 6. The highest BCUT2D eigenvalue weighted by Gasteiger charge is 2.19. The lowest BCUT2D eigenvalue weighted by Gasteiger charge is -2.09. The van der Waals surface area contributed by atoms with Crippen LogP contribution in [0.4, 0.5) is 0 Å². The molecular weight excluding hydrogens is 400 g/mol. The van der Waals surface area contributed by atoms with Crippen molar-refractivity contribution in [1.29, 1.82) is 0 Å². The summed E-state index contributed by atoms with van der Waals surface area (Å²) in [5, 5.41) is 1.56. The largest absolute Gasteiger partial charge is 0.497 e. The lowest BCUT2D eigenvalue weighted by molar-refractivity contribution is 0.398. The number of ether oxygens (including phenoxy) is 3. The molecule has 0 fully saturated rings. The number of hydrogen-bond acceptors (Lipinski definition) is 7. The molecule has 1 aromatic heterocycles. The Kier molecular flexibility index (Phi) is 5.71. The van der Waals surface area contributed by atoms with Crippen LogP contribution >= 0.6 is 11.3 Å². The summed E-state index contributed by atoms with van der Waals surface area (Å²) >= 11 is 0.836. The smallest absolute Gasteiger partial charge is 0.251 e. The van der Waals surface area contributed by atoms with Crippen molar-refractivity contribution >= 4 is 37.3 Å². The minimum Gasteiger partial charge on any atom is -0.497 e. The van der Waals surface area contributed by atoms with Crippen LogP contribution in [0.2, 0.25) is 0 Å². The second kappa shape index (κ2) is 8.04. The monoisotopic (exact) mass is 418 g/mol. The maximum atomic E-state index is 12.7. The van der Waals surface area contributed by atoms with Gasteiger partial charge < -0.3 is 14.2 Å². The zero-order valence-electron chi connectivity index (χ0n) is 15.5. The Morgan fingerprint density at radius 2 is 1.57 bits per heavy atom. The average Bonchev–Trinajstić information content (AvgIpc) is 2.71. The lowest BCUT2D eigenvalue weighted by Crippen LogP contribution is -2.09. The Labute approximate surface area is 166 Å². The third-order valence-electron chi connectivity index (χ3n) is 4.07. The van der Waals surface area contributed by atoms with Crippen molar-refractivity contribution in [3.05, 3.63) is 63.0 Å².